The zero-order chi connectivity index (χ0) is 22.1. The predicted octanol–water partition coefficient (Wildman–Crippen LogP) is 5.38. The van der Waals surface area contributed by atoms with Crippen molar-refractivity contribution in [2.24, 2.45) is 0 Å². The van der Waals surface area contributed by atoms with Gasteiger partial charge in [-0.15, -0.1) is 0 Å². The Morgan fingerprint density at radius 1 is 1.19 bits per heavy atom. The smallest absolute Gasteiger partial charge is 0.186 e. The number of nitrogens with zero attached hydrogens (tertiary/aromatic N) is 2. The van der Waals surface area contributed by atoms with Gasteiger partial charge in [0, 0.05) is 34.1 Å². The van der Waals surface area contributed by atoms with Gasteiger partial charge >= 0.3 is 0 Å². The molecule has 1 aromatic carbocycles. The van der Waals surface area contributed by atoms with Gasteiger partial charge < -0.3 is 15.5 Å². The Hall–Kier alpha value is -3.64. The van der Waals surface area contributed by atoms with Crippen LogP contribution in [0.4, 0.5) is 5.82 Å². The summed E-state index contributed by atoms with van der Waals surface area (Å²) in [5, 5.41) is 1.50. The fourth-order valence-corrected chi connectivity index (χ4v) is 3.66. The van der Waals surface area contributed by atoms with Crippen molar-refractivity contribution in [1.29, 1.82) is 0 Å². The number of aromatic amines is 1. The number of nitrogens with two attached hydrogens (primary N) is 1. The maximum atomic E-state index is 12.7. The number of methoxy groups -OCH3 is 1. The maximum absolute atomic E-state index is 12.7. The number of benzene rings is 1. The molecular weight excluding hydrogens is 412 g/mol. The summed E-state index contributed by atoms with van der Waals surface area (Å²) >= 11 is 6.40. The lowest BCUT2D eigenvalue weighted by Crippen LogP contribution is -2.04. The number of ketones is 1. The maximum Gasteiger partial charge on any atom is 0.186 e. The van der Waals surface area contributed by atoms with Crippen LogP contribution in [0.15, 0.2) is 48.7 Å². The summed E-state index contributed by atoms with van der Waals surface area (Å²) < 4.78 is 5.21. The lowest BCUT2D eigenvalue weighted by atomic mass is 10.0. The molecule has 3 aromatic heterocycles. The van der Waals surface area contributed by atoms with E-state index in [-0.39, 0.29) is 5.78 Å². The number of hydrogen-bond acceptors (Lipinski definition) is 5. The summed E-state index contributed by atoms with van der Waals surface area (Å²) in [5.41, 5.74) is 11.2. The van der Waals surface area contributed by atoms with Gasteiger partial charge in [0.1, 0.15) is 17.2 Å². The summed E-state index contributed by atoms with van der Waals surface area (Å²) in [6.07, 6.45) is 4.98. The third-order valence-electron chi connectivity index (χ3n) is 5.19. The van der Waals surface area contributed by atoms with E-state index in [9.17, 15) is 4.79 Å². The highest BCUT2D eigenvalue weighted by molar-refractivity contribution is 6.33. The van der Waals surface area contributed by atoms with E-state index in [2.05, 4.69) is 15.0 Å². The normalized spacial score (nSPS) is 11.4. The van der Waals surface area contributed by atoms with Crippen molar-refractivity contribution < 1.29 is 9.53 Å². The van der Waals surface area contributed by atoms with Gasteiger partial charge in [-0.05, 0) is 73.5 Å². The van der Waals surface area contributed by atoms with Crippen molar-refractivity contribution in [3.63, 3.8) is 0 Å². The van der Waals surface area contributed by atoms with Gasteiger partial charge in [0.2, 0.25) is 0 Å². The number of carbonyl (C=O) groups excluding carboxylic acids is 1. The van der Waals surface area contributed by atoms with Crippen molar-refractivity contribution in [3.05, 3.63) is 76.1 Å². The summed E-state index contributed by atoms with van der Waals surface area (Å²) in [6.45, 7) is 3.70. The van der Waals surface area contributed by atoms with Crippen LogP contribution in [0.3, 0.4) is 0 Å². The standard InChI is InChI=1S/C24H21ClN4O2/c1-13-14(2)28-23(26)11-19(13)22(30)7-4-15-8-16-9-21(29-24(16)27-12-15)18-6-5-17(31-3)10-20(18)25/h4-12H,1-3H3,(H2,26,28)(H,27,29)/b7-4+. The van der Waals surface area contributed by atoms with Crippen LogP contribution in [0.5, 0.6) is 5.75 Å². The number of nitrogens with one attached hydrogen (secondary N) is 1. The number of H-pyrrole nitrogens is 1. The molecule has 0 fully saturated rings. The van der Waals surface area contributed by atoms with Crippen LogP contribution < -0.4 is 10.5 Å². The van der Waals surface area contributed by atoms with Crippen LogP contribution in [0.25, 0.3) is 28.4 Å². The fourth-order valence-electron chi connectivity index (χ4n) is 3.39. The minimum atomic E-state index is -0.130. The van der Waals surface area contributed by atoms with Crippen molar-refractivity contribution in [2.45, 2.75) is 13.8 Å². The van der Waals surface area contributed by atoms with Crippen LogP contribution in [0.1, 0.15) is 27.2 Å². The Balaban J connectivity index is 1.62. The number of anilines is 1. The minimum absolute atomic E-state index is 0.130. The molecular formula is C24H21ClN4O2. The molecule has 0 aliphatic rings. The first-order chi connectivity index (χ1) is 14.9. The Morgan fingerprint density at radius 3 is 2.74 bits per heavy atom. The highest BCUT2D eigenvalue weighted by atomic mass is 35.5. The van der Waals surface area contributed by atoms with Crippen LogP contribution in [-0.2, 0) is 0 Å². The summed E-state index contributed by atoms with van der Waals surface area (Å²) in [7, 11) is 1.60. The van der Waals surface area contributed by atoms with E-state index in [1.807, 2.05) is 38.1 Å². The minimum Gasteiger partial charge on any atom is -0.497 e. The molecule has 31 heavy (non-hydrogen) atoms. The highest BCUT2D eigenvalue weighted by Gasteiger charge is 2.11. The first-order valence-electron chi connectivity index (χ1n) is 9.64. The summed E-state index contributed by atoms with van der Waals surface area (Å²) in [5.74, 6) is 0.899. The van der Waals surface area contributed by atoms with E-state index in [4.69, 9.17) is 22.1 Å². The number of aromatic nitrogens is 3. The average Bonchev–Trinajstić information content (AvgIpc) is 3.17. The third-order valence-corrected chi connectivity index (χ3v) is 5.50. The SMILES string of the molecule is COc1ccc(-c2cc3cc(/C=C/C(=O)c4cc(N)nc(C)c4C)cnc3[nH]2)c(Cl)c1. The number of pyridine rings is 2. The lowest BCUT2D eigenvalue weighted by molar-refractivity contribution is 0.104. The number of aryl methyl sites for hydroxylation is 1. The number of halogens is 1. The van der Waals surface area contributed by atoms with Gasteiger partial charge in [0.05, 0.1) is 12.1 Å². The topological polar surface area (TPSA) is 93.9 Å². The number of rotatable bonds is 5. The van der Waals surface area contributed by atoms with Crippen molar-refractivity contribution >= 4 is 40.3 Å². The van der Waals surface area contributed by atoms with Crippen LogP contribution in [0.2, 0.25) is 5.02 Å². The van der Waals surface area contributed by atoms with E-state index < -0.39 is 0 Å². The van der Waals surface area contributed by atoms with Crippen LogP contribution >= 0.6 is 11.6 Å². The van der Waals surface area contributed by atoms with Crippen molar-refractivity contribution in [2.75, 3.05) is 12.8 Å². The lowest BCUT2D eigenvalue weighted by Gasteiger charge is -2.06. The summed E-state index contributed by atoms with van der Waals surface area (Å²) in [6, 6.07) is 11.1. The molecule has 0 aliphatic heterocycles. The Kier molecular flexibility index (Phi) is 5.48. The zero-order valence-electron chi connectivity index (χ0n) is 17.4. The third kappa shape index (κ3) is 4.15. The van der Waals surface area contributed by atoms with E-state index in [0.717, 1.165) is 39.1 Å². The zero-order valence-corrected chi connectivity index (χ0v) is 18.1. The van der Waals surface area contributed by atoms with Crippen molar-refractivity contribution in [3.8, 4) is 17.0 Å². The molecule has 156 valence electrons. The quantitative estimate of drug-likeness (QED) is 0.326. The molecule has 0 saturated carbocycles. The molecule has 0 aliphatic carbocycles. The molecule has 6 nitrogen and oxygen atoms in total. The molecule has 0 unspecified atom stereocenters. The molecule has 0 radical (unpaired) electrons. The second kappa shape index (κ2) is 8.24. The van der Waals surface area contributed by atoms with Gasteiger partial charge in [-0.3, -0.25) is 4.79 Å². The van der Waals surface area contributed by atoms with E-state index in [0.29, 0.717) is 22.2 Å². The second-order valence-electron chi connectivity index (χ2n) is 7.24. The highest BCUT2D eigenvalue weighted by Crippen LogP contribution is 2.32. The average molecular weight is 433 g/mol. The van der Waals surface area contributed by atoms with E-state index in [1.165, 1.54) is 6.08 Å². The molecule has 0 bridgehead atoms. The largest absolute Gasteiger partial charge is 0.497 e. The predicted molar refractivity (Wildman–Crippen MR) is 125 cm³/mol. The van der Waals surface area contributed by atoms with Gasteiger partial charge in [-0.1, -0.05) is 11.6 Å². The number of fused-ring (bicyclic) bond motifs is 1. The van der Waals surface area contributed by atoms with Crippen LogP contribution in [-0.4, -0.2) is 27.8 Å². The molecule has 0 atom stereocenters. The fraction of sp³-hybridized carbons (Fsp3) is 0.125. The number of carbonyl (C=O) groups is 1. The van der Waals surface area contributed by atoms with E-state index in [1.54, 1.807) is 31.5 Å². The van der Waals surface area contributed by atoms with Gasteiger partial charge in [-0.25, -0.2) is 9.97 Å². The number of nitrogen functional groups attached to an aromatic ring is 1. The van der Waals surface area contributed by atoms with E-state index >= 15 is 0 Å². The molecule has 0 saturated heterocycles. The molecule has 3 N–H and O–H groups in total. The Morgan fingerprint density at radius 2 is 2.00 bits per heavy atom. The molecule has 3 heterocycles. The number of hydrogen-bond donors (Lipinski definition) is 2. The first kappa shape index (κ1) is 20.6. The Labute approximate surface area is 184 Å². The van der Waals surface area contributed by atoms with Crippen LogP contribution in [0, 0.1) is 13.8 Å². The van der Waals surface area contributed by atoms with Gasteiger partial charge in [-0.2, -0.15) is 0 Å². The Bertz CT molecular complexity index is 1340. The molecule has 4 rings (SSSR count). The van der Waals surface area contributed by atoms with Crippen molar-refractivity contribution in [1.82, 2.24) is 15.0 Å². The van der Waals surface area contributed by atoms with Gasteiger partial charge in [0.15, 0.2) is 5.78 Å². The van der Waals surface area contributed by atoms with Gasteiger partial charge in [0.25, 0.3) is 0 Å². The first-order valence-corrected chi connectivity index (χ1v) is 10.0. The second-order valence-corrected chi connectivity index (χ2v) is 7.65. The molecule has 0 amide bonds. The monoisotopic (exact) mass is 432 g/mol. The molecule has 7 heteroatoms. The molecule has 4 aromatic rings. The number of ether oxygens (including phenoxy) is 1. The summed E-state index contributed by atoms with van der Waals surface area (Å²) in [4.78, 5) is 24.6. The molecule has 0 spiro atoms. The number of allylic oxidation sites excluding steroid dienone is 1.